The number of amides is 2. The average Bonchev–Trinajstić information content (AvgIpc) is 3.31. The van der Waals surface area contributed by atoms with Gasteiger partial charge in [0.1, 0.15) is 12.6 Å². The molecular formula is C28H23F5N2O8S. The van der Waals surface area contributed by atoms with Crippen LogP contribution in [0.5, 0.6) is 5.75 Å². The summed E-state index contributed by atoms with van der Waals surface area (Å²) in [5, 5.41) is 4.31. The van der Waals surface area contributed by atoms with Crippen LogP contribution in [0.1, 0.15) is 29.9 Å². The summed E-state index contributed by atoms with van der Waals surface area (Å²) in [4.78, 5) is 37.6. The third-order valence-corrected chi connectivity index (χ3v) is 7.35. The van der Waals surface area contributed by atoms with Crippen molar-refractivity contribution in [1.29, 1.82) is 0 Å². The molecule has 4 rings (SSSR count). The number of nitrogens with one attached hydrogen (secondary N) is 2. The highest BCUT2D eigenvalue weighted by molar-refractivity contribution is 7.85. The maximum absolute atomic E-state index is 13.9. The Balaban J connectivity index is 1.43. The van der Waals surface area contributed by atoms with Gasteiger partial charge in [-0.2, -0.15) is 17.2 Å². The molecule has 234 valence electrons. The molecule has 0 aromatic heterocycles. The summed E-state index contributed by atoms with van der Waals surface area (Å²) in [6.45, 7) is -0.769. The van der Waals surface area contributed by atoms with Crippen molar-refractivity contribution in [3.05, 3.63) is 88.7 Å². The quantitative estimate of drug-likeness (QED) is 0.0711. The lowest BCUT2D eigenvalue weighted by atomic mass is 9.98. The molecule has 44 heavy (non-hydrogen) atoms. The standard InChI is InChI=1S/C28H23F5N2O8S/c29-21-22(30)24(32)26(25(33)23(21)31)43-20(36)10-9-19(27(37)34-11-12-44(39,40)41)35-28(38)42-13-18-16-7-3-1-5-14(16)15-6-2-4-8-17(15)18/h1-8,18-19H,9-13H2,(H,34,37)(H,35,38)(H,39,40,41)/t19-/m0/s1. The minimum absolute atomic E-state index is 0.167. The molecule has 0 aliphatic heterocycles. The van der Waals surface area contributed by atoms with Gasteiger partial charge in [-0.05, 0) is 28.7 Å². The van der Waals surface area contributed by atoms with Crippen LogP contribution in [-0.4, -0.2) is 55.9 Å². The average molecular weight is 643 g/mol. The van der Waals surface area contributed by atoms with Crippen LogP contribution in [0, 0.1) is 29.1 Å². The SMILES string of the molecule is O=C(CC[C@H](NC(=O)OCC1c2ccccc2-c2ccccc21)C(=O)NCCS(=O)(=O)O)Oc1c(F)c(F)c(F)c(F)c1F. The molecule has 1 aliphatic carbocycles. The van der Waals surface area contributed by atoms with Gasteiger partial charge in [-0.3, -0.25) is 14.1 Å². The molecule has 0 bridgehead atoms. The third kappa shape index (κ3) is 7.31. The van der Waals surface area contributed by atoms with Crippen molar-refractivity contribution >= 4 is 28.1 Å². The Kier molecular flexibility index (Phi) is 9.84. The van der Waals surface area contributed by atoms with E-state index in [4.69, 9.17) is 9.29 Å². The predicted octanol–water partition coefficient (Wildman–Crippen LogP) is 3.98. The Hall–Kier alpha value is -4.57. The fourth-order valence-corrected chi connectivity index (χ4v) is 4.94. The van der Waals surface area contributed by atoms with Crippen molar-refractivity contribution in [2.75, 3.05) is 18.9 Å². The van der Waals surface area contributed by atoms with Gasteiger partial charge in [-0.25, -0.2) is 18.0 Å². The molecule has 1 atom stereocenters. The first-order valence-corrected chi connectivity index (χ1v) is 14.5. The maximum Gasteiger partial charge on any atom is 0.407 e. The Labute approximate surface area is 246 Å². The van der Waals surface area contributed by atoms with Crippen LogP contribution in [0.3, 0.4) is 0 Å². The fourth-order valence-electron chi connectivity index (χ4n) is 4.58. The molecule has 10 nitrogen and oxygen atoms in total. The Bertz CT molecular complexity index is 1650. The molecule has 0 fully saturated rings. The first-order chi connectivity index (χ1) is 20.8. The van der Waals surface area contributed by atoms with Gasteiger partial charge in [0.2, 0.25) is 40.7 Å². The van der Waals surface area contributed by atoms with E-state index in [1.165, 1.54) is 0 Å². The number of hydrogen-bond acceptors (Lipinski definition) is 7. The Morgan fingerprint density at radius 3 is 1.91 bits per heavy atom. The molecule has 2 amide bonds. The summed E-state index contributed by atoms with van der Waals surface area (Å²) in [7, 11) is -4.47. The summed E-state index contributed by atoms with van der Waals surface area (Å²) >= 11 is 0. The lowest BCUT2D eigenvalue weighted by molar-refractivity contribution is -0.135. The topological polar surface area (TPSA) is 148 Å². The van der Waals surface area contributed by atoms with E-state index in [0.29, 0.717) is 0 Å². The van der Waals surface area contributed by atoms with Crippen molar-refractivity contribution < 1.29 is 58.8 Å². The molecule has 0 heterocycles. The third-order valence-electron chi connectivity index (χ3n) is 6.63. The summed E-state index contributed by atoms with van der Waals surface area (Å²) in [5.74, 6) is -17.6. The van der Waals surface area contributed by atoms with Crippen LogP contribution < -0.4 is 15.4 Å². The van der Waals surface area contributed by atoms with E-state index >= 15 is 0 Å². The van der Waals surface area contributed by atoms with Crippen molar-refractivity contribution in [1.82, 2.24) is 10.6 Å². The highest BCUT2D eigenvalue weighted by atomic mass is 32.2. The van der Waals surface area contributed by atoms with Gasteiger partial charge in [-0.15, -0.1) is 0 Å². The first-order valence-electron chi connectivity index (χ1n) is 12.8. The van der Waals surface area contributed by atoms with Crippen molar-refractivity contribution in [3.63, 3.8) is 0 Å². The highest BCUT2D eigenvalue weighted by Crippen LogP contribution is 2.44. The number of ether oxygens (including phenoxy) is 2. The van der Waals surface area contributed by atoms with E-state index in [1.54, 1.807) is 0 Å². The van der Waals surface area contributed by atoms with E-state index < -0.39 is 94.1 Å². The number of halogens is 5. The van der Waals surface area contributed by atoms with E-state index in [-0.39, 0.29) is 12.5 Å². The summed E-state index contributed by atoms with van der Waals surface area (Å²) < 4.78 is 108. The minimum atomic E-state index is -4.47. The first kappa shape index (κ1) is 32.3. The number of esters is 1. The summed E-state index contributed by atoms with van der Waals surface area (Å²) in [6.07, 6.45) is -2.66. The number of carbonyl (C=O) groups excluding carboxylic acids is 3. The minimum Gasteiger partial charge on any atom is -0.449 e. The molecule has 0 spiro atoms. The Morgan fingerprint density at radius 1 is 0.841 bits per heavy atom. The second-order valence-corrected chi connectivity index (χ2v) is 11.1. The van der Waals surface area contributed by atoms with Gasteiger partial charge in [0.15, 0.2) is 0 Å². The molecule has 0 saturated carbocycles. The molecule has 16 heteroatoms. The van der Waals surface area contributed by atoms with Crippen LogP contribution in [0.25, 0.3) is 11.1 Å². The number of rotatable bonds is 11. The maximum atomic E-state index is 13.9. The van der Waals surface area contributed by atoms with Crippen molar-refractivity contribution in [2.24, 2.45) is 0 Å². The zero-order chi connectivity index (χ0) is 32.2. The predicted molar refractivity (Wildman–Crippen MR) is 143 cm³/mol. The molecule has 3 N–H and O–H groups in total. The number of carbonyl (C=O) groups is 3. The van der Waals surface area contributed by atoms with E-state index in [2.05, 4.69) is 15.4 Å². The van der Waals surface area contributed by atoms with E-state index in [1.807, 2.05) is 48.5 Å². The number of hydrogen-bond donors (Lipinski definition) is 3. The smallest absolute Gasteiger partial charge is 0.407 e. The normalized spacial score (nSPS) is 13.0. The van der Waals surface area contributed by atoms with Crippen molar-refractivity contribution in [3.8, 4) is 16.9 Å². The molecule has 3 aromatic rings. The zero-order valence-corrected chi connectivity index (χ0v) is 23.2. The molecule has 3 aromatic carbocycles. The Morgan fingerprint density at radius 2 is 1.36 bits per heavy atom. The van der Waals surface area contributed by atoms with Gasteiger partial charge in [-0.1, -0.05) is 48.5 Å². The van der Waals surface area contributed by atoms with Gasteiger partial charge in [0.05, 0.1) is 5.75 Å². The molecule has 0 unspecified atom stereocenters. The second kappa shape index (κ2) is 13.4. The summed E-state index contributed by atoms with van der Waals surface area (Å²) in [6, 6.07) is 13.3. The van der Waals surface area contributed by atoms with Crippen LogP contribution in [0.4, 0.5) is 26.7 Å². The van der Waals surface area contributed by atoms with Gasteiger partial charge in [0, 0.05) is 18.9 Å². The summed E-state index contributed by atoms with van der Waals surface area (Å²) in [5.41, 5.74) is 3.66. The number of benzene rings is 3. The monoisotopic (exact) mass is 642 g/mol. The molecule has 1 aliphatic rings. The van der Waals surface area contributed by atoms with Crippen LogP contribution in [0.2, 0.25) is 0 Å². The van der Waals surface area contributed by atoms with E-state index in [9.17, 15) is 44.8 Å². The van der Waals surface area contributed by atoms with Gasteiger partial charge >= 0.3 is 12.1 Å². The number of fused-ring (bicyclic) bond motifs is 3. The molecule has 0 radical (unpaired) electrons. The van der Waals surface area contributed by atoms with E-state index in [0.717, 1.165) is 22.3 Å². The highest BCUT2D eigenvalue weighted by Gasteiger charge is 2.31. The molecule has 0 saturated heterocycles. The molecular weight excluding hydrogens is 619 g/mol. The largest absolute Gasteiger partial charge is 0.449 e. The van der Waals surface area contributed by atoms with Gasteiger partial charge < -0.3 is 20.1 Å². The van der Waals surface area contributed by atoms with Crippen LogP contribution in [-0.2, 0) is 24.4 Å². The lowest BCUT2D eigenvalue weighted by Crippen LogP contribution is -2.48. The lowest BCUT2D eigenvalue weighted by Gasteiger charge is -2.19. The van der Waals surface area contributed by atoms with Crippen LogP contribution in [0.15, 0.2) is 48.5 Å². The van der Waals surface area contributed by atoms with Crippen molar-refractivity contribution in [2.45, 2.75) is 24.8 Å². The number of alkyl carbamates (subject to hydrolysis) is 1. The zero-order valence-electron chi connectivity index (χ0n) is 22.4. The second-order valence-electron chi connectivity index (χ2n) is 9.51. The van der Waals surface area contributed by atoms with Crippen LogP contribution >= 0.6 is 0 Å². The fraction of sp³-hybridized carbons (Fsp3) is 0.250. The van der Waals surface area contributed by atoms with Gasteiger partial charge in [0.25, 0.3) is 10.1 Å².